The molecule has 1 saturated heterocycles. The lowest BCUT2D eigenvalue weighted by molar-refractivity contribution is -0.121. The summed E-state index contributed by atoms with van der Waals surface area (Å²) >= 11 is 1.78. The Kier molecular flexibility index (Phi) is 6.18. The van der Waals surface area contributed by atoms with Gasteiger partial charge in [0.15, 0.2) is 0 Å². The maximum Gasteiger partial charge on any atom is 0.237 e. The zero-order chi connectivity index (χ0) is 14.7. The molecule has 0 saturated carbocycles. The molecule has 1 fully saturated rings. The number of hydrogen-bond acceptors (Lipinski definition) is 3. The van der Waals surface area contributed by atoms with E-state index in [1.54, 1.807) is 11.8 Å². The largest absolute Gasteiger partial charge is 0.354 e. The number of halogens is 1. The lowest BCUT2D eigenvalue weighted by Crippen LogP contribution is -2.44. The summed E-state index contributed by atoms with van der Waals surface area (Å²) in [6.45, 7) is 5.21. The van der Waals surface area contributed by atoms with Crippen molar-refractivity contribution in [3.8, 4) is 0 Å². The van der Waals surface area contributed by atoms with Crippen molar-refractivity contribution in [1.29, 1.82) is 0 Å². The van der Waals surface area contributed by atoms with Crippen molar-refractivity contribution >= 4 is 30.1 Å². The van der Waals surface area contributed by atoms with Gasteiger partial charge in [-0.25, -0.2) is 0 Å². The second kappa shape index (κ2) is 7.71. The van der Waals surface area contributed by atoms with Crippen LogP contribution in [0.3, 0.4) is 0 Å². The van der Waals surface area contributed by atoms with Crippen LogP contribution < -0.4 is 10.6 Å². The second-order valence-electron chi connectivity index (χ2n) is 6.48. The van der Waals surface area contributed by atoms with Crippen molar-refractivity contribution in [2.45, 2.75) is 31.4 Å². The molecule has 3 rings (SSSR count). The molecular weight excluding hydrogens is 316 g/mol. The minimum atomic E-state index is -0.0275. The van der Waals surface area contributed by atoms with Crippen LogP contribution in [0.25, 0.3) is 0 Å². The van der Waals surface area contributed by atoms with E-state index in [4.69, 9.17) is 0 Å². The van der Waals surface area contributed by atoms with Crippen LogP contribution in [0.4, 0.5) is 0 Å². The van der Waals surface area contributed by atoms with Crippen molar-refractivity contribution in [2.24, 2.45) is 5.41 Å². The van der Waals surface area contributed by atoms with Gasteiger partial charge in [-0.2, -0.15) is 0 Å². The van der Waals surface area contributed by atoms with Gasteiger partial charge in [0, 0.05) is 6.54 Å². The fourth-order valence-electron chi connectivity index (χ4n) is 3.21. The summed E-state index contributed by atoms with van der Waals surface area (Å²) in [5, 5.41) is 6.58. The zero-order valence-corrected chi connectivity index (χ0v) is 14.7. The van der Waals surface area contributed by atoms with Crippen molar-refractivity contribution in [2.75, 3.05) is 25.4 Å². The van der Waals surface area contributed by atoms with E-state index in [1.807, 2.05) is 6.07 Å². The first kappa shape index (κ1) is 17.6. The fraction of sp³-hybridized carbons (Fsp3) is 0.588. The Balaban J connectivity index is 0.00000176. The Morgan fingerprint density at radius 1 is 1.36 bits per heavy atom. The molecular formula is C17H25ClN2OS. The number of fused-ring (bicyclic) bond motifs is 1. The van der Waals surface area contributed by atoms with Crippen LogP contribution in [0.2, 0.25) is 0 Å². The highest BCUT2D eigenvalue weighted by atomic mass is 35.5. The second-order valence-corrected chi connectivity index (χ2v) is 7.69. The molecule has 0 aromatic heterocycles. The van der Waals surface area contributed by atoms with E-state index in [0.29, 0.717) is 0 Å². The number of benzene rings is 1. The molecule has 1 amide bonds. The van der Waals surface area contributed by atoms with Gasteiger partial charge in [-0.15, -0.1) is 24.2 Å². The first-order chi connectivity index (χ1) is 10.2. The maximum absolute atomic E-state index is 12.6. The number of nitrogens with one attached hydrogen (secondary N) is 2. The third-order valence-electron chi connectivity index (χ3n) is 4.73. The van der Waals surface area contributed by atoms with Crippen LogP contribution in [0, 0.1) is 5.41 Å². The lowest BCUT2D eigenvalue weighted by Gasteiger charge is -2.35. The summed E-state index contributed by atoms with van der Waals surface area (Å²) in [6.07, 6.45) is 3.36. The molecule has 0 radical (unpaired) electrons. The van der Waals surface area contributed by atoms with Crippen LogP contribution in [0.5, 0.6) is 0 Å². The highest BCUT2D eigenvalue weighted by molar-refractivity contribution is 8.00. The molecule has 0 aliphatic carbocycles. The molecule has 1 atom stereocenters. The average molecular weight is 341 g/mol. The van der Waals surface area contributed by atoms with Gasteiger partial charge in [0.05, 0.1) is 0 Å². The van der Waals surface area contributed by atoms with Crippen LogP contribution in [0.15, 0.2) is 24.3 Å². The first-order valence-corrected chi connectivity index (χ1v) is 8.91. The van der Waals surface area contributed by atoms with Gasteiger partial charge in [0.1, 0.15) is 5.25 Å². The molecule has 2 N–H and O–H groups in total. The van der Waals surface area contributed by atoms with Gasteiger partial charge in [-0.05, 0) is 54.6 Å². The van der Waals surface area contributed by atoms with E-state index < -0.39 is 0 Å². The van der Waals surface area contributed by atoms with Gasteiger partial charge in [0.25, 0.3) is 0 Å². The monoisotopic (exact) mass is 340 g/mol. The smallest absolute Gasteiger partial charge is 0.237 e. The maximum atomic E-state index is 12.6. The molecule has 0 spiro atoms. The normalized spacial score (nSPS) is 23.0. The van der Waals surface area contributed by atoms with Crippen LogP contribution >= 0.6 is 24.2 Å². The predicted octanol–water partition coefficient (Wildman–Crippen LogP) is 2.94. The van der Waals surface area contributed by atoms with Crippen LogP contribution in [-0.4, -0.2) is 31.3 Å². The third-order valence-corrected chi connectivity index (χ3v) is 5.97. The number of piperidine rings is 1. The number of hydrogen-bond donors (Lipinski definition) is 2. The predicted molar refractivity (Wildman–Crippen MR) is 95.8 cm³/mol. The van der Waals surface area contributed by atoms with Gasteiger partial charge in [0.2, 0.25) is 5.91 Å². The van der Waals surface area contributed by atoms with Gasteiger partial charge < -0.3 is 10.6 Å². The van der Waals surface area contributed by atoms with E-state index >= 15 is 0 Å². The number of rotatable bonds is 3. The van der Waals surface area contributed by atoms with Crippen LogP contribution in [0.1, 0.15) is 36.1 Å². The molecule has 2 aliphatic heterocycles. The summed E-state index contributed by atoms with van der Waals surface area (Å²) < 4.78 is 0. The molecule has 1 aromatic carbocycles. The molecule has 2 aliphatic rings. The topological polar surface area (TPSA) is 41.1 Å². The summed E-state index contributed by atoms with van der Waals surface area (Å²) in [7, 11) is 0. The zero-order valence-electron chi connectivity index (χ0n) is 13.1. The fourth-order valence-corrected chi connectivity index (χ4v) is 4.43. The molecule has 3 nitrogen and oxygen atoms in total. The van der Waals surface area contributed by atoms with E-state index in [-0.39, 0.29) is 29.0 Å². The molecule has 1 unspecified atom stereocenters. The molecule has 2 heterocycles. The van der Waals surface area contributed by atoms with Crippen molar-refractivity contribution in [1.82, 2.24) is 10.6 Å². The van der Waals surface area contributed by atoms with Gasteiger partial charge >= 0.3 is 0 Å². The Labute approximate surface area is 143 Å². The molecule has 22 heavy (non-hydrogen) atoms. The molecule has 1 aromatic rings. The highest BCUT2D eigenvalue weighted by Gasteiger charge is 2.30. The van der Waals surface area contributed by atoms with Crippen LogP contribution in [-0.2, 0) is 11.2 Å². The molecule has 5 heteroatoms. The quantitative estimate of drug-likeness (QED) is 0.889. The van der Waals surface area contributed by atoms with E-state index in [2.05, 4.69) is 35.8 Å². The SMILES string of the molecule is CC1(CNC(=O)C2SCCc3ccccc32)CCNCC1.Cl. The number of carbonyl (C=O) groups excluding carboxylic acids is 1. The number of amides is 1. The van der Waals surface area contributed by atoms with Gasteiger partial charge in [-0.3, -0.25) is 4.79 Å². The number of thioether (sulfide) groups is 1. The Morgan fingerprint density at radius 3 is 2.86 bits per heavy atom. The lowest BCUT2D eigenvalue weighted by atomic mass is 9.81. The Morgan fingerprint density at radius 2 is 2.09 bits per heavy atom. The number of aryl methyl sites for hydroxylation is 1. The Hall–Kier alpha value is -0.710. The summed E-state index contributed by atoms with van der Waals surface area (Å²) in [4.78, 5) is 12.6. The Bertz CT molecular complexity index is 517. The van der Waals surface area contributed by atoms with E-state index in [1.165, 1.54) is 11.1 Å². The van der Waals surface area contributed by atoms with E-state index in [0.717, 1.165) is 44.6 Å². The van der Waals surface area contributed by atoms with E-state index in [9.17, 15) is 4.79 Å². The first-order valence-electron chi connectivity index (χ1n) is 7.86. The summed E-state index contributed by atoms with van der Waals surface area (Å²) in [6, 6.07) is 8.38. The van der Waals surface area contributed by atoms with Crippen molar-refractivity contribution in [3.63, 3.8) is 0 Å². The minimum Gasteiger partial charge on any atom is -0.354 e. The highest BCUT2D eigenvalue weighted by Crippen LogP contribution is 2.37. The van der Waals surface area contributed by atoms with Crippen molar-refractivity contribution in [3.05, 3.63) is 35.4 Å². The third kappa shape index (κ3) is 3.98. The minimum absolute atomic E-state index is 0. The standard InChI is InChI=1S/C17H24N2OS.ClH/c1-17(7-9-18-10-8-17)12-19-16(20)15-14-5-3-2-4-13(14)6-11-21-15;/h2-5,15,18H,6-12H2,1H3,(H,19,20);1H. The van der Waals surface area contributed by atoms with Gasteiger partial charge in [-0.1, -0.05) is 31.2 Å². The summed E-state index contributed by atoms with van der Waals surface area (Å²) in [5.41, 5.74) is 2.80. The van der Waals surface area contributed by atoms with Crippen molar-refractivity contribution < 1.29 is 4.79 Å². The average Bonchev–Trinajstić information content (AvgIpc) is 2.53. The number of carbonyl (C=O) groups is 1. The molecule has 122 valence electrons. The molecule has 0 bridgehead atoms. The summed E-state index contributed by atoms with van der Waals surface area (Å²) in [5.74, 6) is 1.22.